The standard InChI is InChI=1S/C27H22ClN3O4/c1-18-23(26(32)35-15-7-13-29)24(20-11-5-12-21(28)16-20)25(22(17-30)31-18)27(33)34-14-6-10-19-8-3-2-4-9-19/h2-6,8-12,16,24,31H,7,14-15H2,1H3. The van der Waals surface area contributed by atoms with Crippen molar-refractivity contribution in [2.75, 3.05) is 13.2 Å². The molecule has 1 heterocycles. The van der Waals surface area contributed by atoms with E-state index in [1.807, 2.05) is 48.5 Å². The molecule has 0 radical (unpaired) electrons. The number of carbonyl (C=O) groups excluding carboxylic acids is 2. The molecule has 3 rings (SSSR count). The summed E-state index contributed by atoms with van der Waals surface area (Å²) in [5.74, 6) is -2.42. The van der Waals surface area contributed by atoms with Crippen LogP contribution in [0.25, 0.3) is 6.08 Å². The number of nitriles is 2. The summed E-state index contributed by atoms with van der Waals surface area (Å²) in [5.41, 5.74) is 1.89. The molecule has 0 aromatic heterocycles. The zero-order valence-corrected chi connectivity index (χ0v) is 19.7. The Balaban J connectivity index is 1.95. The fraction of sp³-hybridized carbons (Fsp3) is 0.185. The van der Waals surface area contributed by atoms with Crippen molar-refractivity contribution in [3.05, 3.63) is 99.4 Å². The third kappa shape index (κ3) is 6.38. The third-order valence-electron chi connectivity index (χ3n) is 5.16. The Morgan fingerprint density at radius 1 is 1.06 bits per heavy atom. The minimum absolute atomic E-state index is 0.0231. The van der Waals surface area contributed by atoms with Crippen LogP contribution in [0.3, 0.4) is 0 Å². The molecular weight excluding hydrogens is 466 g/mol. The molecule has 2 aromatic carbocycles. The second-order valence-corrected chi connectivity index (χ2v) is 7.94. The maximum absolute atomic E-state index is 13.2. The summed E-state index contributed by atoms with van der Waals surface area (Å²) in [6.07, 6.45) is 3.51. The van der Waals surface area contributed by atoms with E-state index in [0.717, 1.165) is 5.56 Å². The SMILES string of the molecule is CC1=C(C(=O)OCCC#N)C(c2cccc(Cl)c2)C(C(=O)OCC=Cc2ccccc2)=C(C#N)N1. The Hall–Kier alpha value is -4.33. The van der Waals surface area contributed by atoms with E-state index in [2.05, 4.69) is 5.32 Å². The summed E-state index contributed by atoms with van der Waals surface area (Å²) < 4.78 is 10.7. The number of carbonyl (C=O) groups is 2. The van der Waals surface area contributed by atoms with Gasteiger partial charge < -0.3 is 14.8 Å². The first-order chi connectivity index (χ1) is 17.0. The lowest BCUT2D eigenvalue weighted by molar-refractivity contribution is -0.139. The van der Waals surface area contributed by atoms with Crippen LogP contribution < -0.4 is 5.32 Å². The van der Waals surface area contributed by atoms with E-state index in [4.69, 9.17) is 26.3 Å². The number of halogens is 1. The van der Waals surface area contributed by atoms with Crippen LogP contribution >= 0.6 is 11.6 Å². The minimum atomic E-state index is -0.954. The van der Waals surface area contributed by atoms with Gasteiger partial charge in [-0.1, -0.05) is 60.1 Å². The number of allylic oxidation sites excluding steroid dienone is 2. The van der Waals surface area contributed by atoms with E-state index in [-0.39, 0.29) is 36.5 Å². The molecule has 1 N–H and O–H groups in total. The molecule has 1 aliphatic rings. The van der Waals surface area contributed by atoms with E-state index >= 15 is 0 Å². The highest BCUT2D eigenvalue weighted by molar-refractivity contribution is 6.30. The van der Waals surface area contributed by atoms with E-state index in [0.29, 0.717) is 16.3 Å². The molecule has 35 heavy (non-hydrogen) atoms. The van der Waals surface area contributed by atoms with Gasteiger partial charge in [0.2, 0.25) is 0 Å². The molecule has 1 unspecified atom stereocenters. The lowest BCUT2D eigenvalue weighted by atomic mass is 9.80. The fourth-order valence-electron chi connectivity index (χ4n) is 3.64. The summed E-state index contributed by atoms with van der Waals surface area (Å²) in [4.78, 5) is 26.2. The molecule has 1 aliphatic heterocycles. The van der Waals surface area contributed by atoms with Gasteiger partial charge in [-0.05, 0) is 36.3 Å². The van der Waals surface area contributed by atoms with Crippen molar-refractivity contribution in [1.82, 2.24) is 5.32 Å². The highest BCUT2D eigenvalue weighted by atomic mass is 35.5. The summed E-state index contributed by atoms with van der Waals surface area (Å²) in [5, 5.41) is 21.8. The monoisotopic (exact) mass is 487 g/mol. The molecule has 0 saturated heterocycles. The van der Waals surface area contributed by atoms with Gasteiger partial charge in [-0.25, -0.2) is 9.59 Å². The van der Waals surface area contributed by atoms with E-state index < -0.39 is 17.9 Å². The first-order valence-corrected chi connectivity index (χ1v) is 11.1. The van der Waals surface area contributed by atoms with Crippen molar-refractivity contribution >= 4 is 29.6 Å². The Morgan fingerprint density at radius 3 is 2.49 bits per heavy atom. The normalized spacial score (nSPS) is 15.3. The van der Waals surface area contributed by atoms with Crippen molar-refractivity contribution in [3.8, 4) is 12.1 Å². The maximum Gasteiger partial charge on any atom is 0.338 e. The van der Waals surface area contributed by atoms with Gasteiger partial charge in [0.1, 0.15) is 25.0 Å². The van der Waals surface area contributed by atoms with Gasteiger partial charge in [0.15, 0.2) is 0 Å². The van der Waals surface area contributed by atoms with Gasteiger partial charge in [0, 0.05) is 10.7 Å². The lowest BCUT2D eigenvalue weighted by Crippen LogP contribution is -2.33. The first-order valence-electron chi connectivity index (χ1n) is 10.8. The minimum Gasteiger partial charge on any atom is -0.461 e. The number of esters is 2. The molecule has 1 atom stereocenters. The average molecular weight is 488 g/mol. The predicted octanol–water partition coefficient (Wildman–Crippen LogP) is 4.79. The van der Waals surface area contributed by atoms with Crippen LogP contribution in [0.15, 0.2) is 83.2 Å². The predicted molar refractivity (Wildman–Crippen MR) is 130 cm³/mol. The van der Waals surface area contributed by atoms with Gasteiger partial charge in [0.25, 0.3) is 0 Å². The number of hydrogen-bond acceptors (Lipinski definition) is 7. The van der Waals surface area contributed by atoms with Crippen molar-refractivity contribution < 1.29 is 19.1 Å². The third-order valence-corrected chi connectivity index (χ3v) is 5.40. The number of hydrogen-bond donors (Lipinski definition) is 1. The van der Waals surface area contributed by atoms with Crippen LogP contribution in [-0.2, 0) is 19.1 Å². The second kappa shape index (κ2) is 12.2. The van der Waals surface area contributed by atoms with Gasteiger partial charge in [-0.3, -0.25) is 0 Å². The van der Waals surface area contributed by atoms with Gasteiger partial charge in [-0.2, -0.15) is 10.5 Å². The highest BCUT2D eigenvalue weighted by Crippen LogP contribution is 2.39. The van der Waals surface area contributed by atoms with Gasteiger partial charge in [-0.15, -0.1) is 0 Å². The van der Waals surface area contributed by atoms with Gasteiger partial charge in [0.05, 0.1) is 29.6 Å². The van der Waals surface area contributed by atoms with Crippen LogP contribution in [0.5, 0.6) is 0 Å². The fourth-order valence-corrected chi connectivity index (χ4v) is 3.84. The van der Waals surface area contributed by atoms with E-state index in [1.54, 1.807) is 37.3 Å². The number of nitrogens with zero attached hydrogens (tertiary/aromatic N) is 2. The Bertz CT molecular complexity index is 1280. The van der Waals surface area contributed by atoms with E-state index in [9.17, 15) is 14.9 Å². The first kappa shape index (κ1) is 25.3. The summed E-state index contributed by atoms with van der Waals surface area (Å²) >= 11 is 6.20. The lowest BCUT2D eigenvalue weighted by Gasteiger charge is -2.29. The molecular formula is C27H22ClN3O4. The largest absolute Gasteiger partial charge is 0.461 e. The van der Waals surface area contributed by atoms with Crippen molar-refractivity contribution in [2.45, 2.75) is 19.3 Å². The molecule has 0 amide bonds. The topological polar surface area (TPSA) is 112 Å². The summed E-state index contributed by atoms with van der Waals surface area (Å²) in [6, 6.07) is 20.1. The zero-order chi connectivity index (χ0) is 25.2. The molecule has 0 saturated carbocycles. The maximum atomic E-state index is 13.2. The van der Waals surface area contributed by atoms with Crippen LogP contribution in [0.4, 0.5) is 0 Å². The van der Waals surface area contributed by atoms with Crippen LogP contribution in [0.1, 0.15) is 30.4 Å². The number of rotatable bonds is 8. The molecule has 0 aliphatic carbocycles. The van der Waals surface area contributed by atoms with Crippen LogP contribution in [-0.4, -0.2) is 25.2 Å². The van der Waals surface area contributed by atoms with Crippen LogP contribution in [0.2, 0.25) is 5.02 Å². The van der Waals surface area contributed by atoms with E-state index in [1.165, 1.54) is 0 Å². The number of nitrogens with one attached hydrogen (secondary N) is 1. The Morgan fingerprint density at radius 2 is 1.80 bits per heavy atom. The quantitative estimate of drug-likeness (QED) is 0.420. The van der Waals surface area contributed by atoms with Crippen molar-refractivity contribution in [1.29, 1.82) is 10.5 Å². The summed E-state index contributed by atoms with van der Waals surface area (Å²) in [7, 11) is 0. The zero-order valence-electron chi connectivity index (χ0n) is 19.0. The average Bonchev–Trinajstić information content (AvgIpc) is 2.86. The highest BCUT2D eigenvalue weighted by Gasteiger charge is 2.39. The number of dihydropyridines is 1. The Labute approximate surface area is 208 Å². The molecule has 2 aromatic rings. The molecule has 8 heteroatoms. The summed E-state index contributed by atoms with van der Waals surface area (Å²) in [6.45, 7) is 1.47. The molecule has 0 fully saturated rings. The molecule has 0 spiro atoms. The van der Waals surface area contributed by atoms with Crippen molar-refractivity contribution in [2.24, 2.45) is 0 Å². The van der Waals surface area contributed by atoms with Gasteiger partial charge >= 0.3 is 11.9 Å². The molecule has 7 nitrogen and oxygen atoms in total. The van der Waals surface area contributed by atoms with Crippen LogP contribution in [0, 0.1) is 22.7 Å². The molecule has 176 valence electrons. The smallest absolute Gasteiger partial charge is 0.338 e. The number of benzene rings is 2. The number of ether oxygens (including phenoxy) is 2. The molecule has 0 bridgehead atoms. The Kier molecular flexibility index (Phi) is 8.83. The second-order valence-electron chi connectivity index (χ2n) is 7.51. The van der Waals surface area contributed by atoms with Crippen molar-refractivity contribution in [3.63, 3.8) is 0 Å².